The van der Waals surface area contributed by atoms with Crippen LogP contribution in [0, 0.1) is 5.92 Å². The van der Waals surface area contributed by atoms with Crippen LogP contribution in [0.1, 0.15) is 29.8 Å². The summed E-state index contributed by atoms with van der Waals surface area (Å²) in [4.78, 5) is 12.3. The Hall–Kier alpha value is -2.40. The van der Waals surface area contributed by atoms with Crippen molar-refractivity contribution in [1.82, 2.24) is 10.6 Å². The summed E-state index contributed by atoms with van der Waals surface area (Å²) in [6, 6.07) is 17.2. The summed E-state index contributed by atoms with van der Waals surface area (Å²) in [6.07, 6.45) is 0.843. The van der Waals surface area contributed by atoms with Crippen LogP contribution in [-0.4, -0.2) is 24.2 Å². The van der Waals surface area contributed by atoms with Gasteiger partial charge in [0.05, 0.1) is 6.61 Å². The lowest BCUT2D eigenvalue weighted by Gasteiger charge is -2.11. The van der Waals surface area contributed by atoms with Gasteiger partial charge in [-0.15, -0.1) is 0 Å². The van der Waals surface area contributed by atoms with E-state index in [1.54, 1.807) is 18.2 Å². The summed E-state index contributed by atoms with van der Waals surface area (Å²) >= 11 is 5.19. The average molecular weight is 356 g/mol. The van der Waals surface area contributed by atoms with E-state index >= 15 is 0 Å². The molecule has 0 radical (unpaired) electrons. The lowest BCUT2D eigenvalue weighted by molar-refractivity contribution is 0.0976. The first-order valence-electron chi connectivity index (χ1n) is 8.40. The normalized spacial score (nSPS) is 10.4. The Labute approximate surface area is 154 Å². The predicted molar refractivity (Wildman–Crippen MR) is 105 cm³/mol. The van der Waals surface area contributed by atoms with Crippen molar-refractivity contribution in [2.24, 2.45) is 5.92 Å². The van der Waals surface area contributed by atoms with Crippen LogP contribution in [0.5, 0.6) is 5.75 Å². The molecule has 1 amide bonds. The summed E-state index contributed by atoms with van der Waals surface area (Å²) in [5.74, 6) is 0.871. The Balaban J connectivity index is 1.80. The first-order valence-corrected chi connectivity index (χ1v) is 8.81. The van der Waals surface area contributed by atoms with E-state index in [0.29, 0.717) is 35.5 Å². The largest absolute Gasteiger partial charge is 0.493 e. The molecule has 2 N–H and O–H groups in total. The van der Waals surface area contributed by atoms with E-state index in [1.807, 2.05) is 24.3 Å². The maximum Gasteiger partial charge on any atom is 0.257 e. The minimum Gasteiger partial charge on any atom is -0.493 e. The lowest BCUT2D eigenvalue weighted by Crippen LogP contribution is -2.40. The van der Waals surface area contributed by atoms with Crippen LogP contribution < -0.4 is 15.4 Å². The standard InChI is InChI=1S/C20H24N2O2S/c1-15(2)14-24-18-10-6-9-17(13-18)19(23)22-20(25)21-12-11-16-7-4-3-5-8-16/h3-10,13,15H,11-12,14H2,1-2H3,(H2,21,22,23,25). The molecule has 2 aromatic carbocycles. The monoisotopic (exact) mass is 356 g/mol. The number of rotatable bonds is 7. The highest BCUT2D eigenvalue weighted by Crippen LogP contribution is 2.14. The molecular weight excluding hydrogens is 332 g/mol. The van der Waals surface area contributed by atoms with Crippen LogP contribution in [0.15, 0.2) is 54.6 Å². The molecule has 0 heterocycles. The van der Waals surface area contributed by atoms with Gasteiger partial charge in [0.15, 0.2) is 5.11 Å². The third-order valence-electron chi connectivity index (χ3n) is 3.45. The Morgan fingerprint density at radius 2 is 1.88 bits per heavy atom. The summed E-state index contributed by atoms with van der Waals surface area (Å²) < 4.78 is 5.65. The van der Waals surface area contributed by atoms with Crippen molar-refractivity contribution in [1.29, 1.82) is 0 Å². The maximum atomic E-state index is 12.3. The van der Waals surface area contributed by atoms with Crippen LogP contribution in [0.25, 0.3) is 0 Å². The highest BCUT2D eigenvalue weighted by Gasteiger charge is 2.09. The fourth-order valence-corrected chi connectivity index (χ4v) is 2.37. The summed E-state index contributed by atoms with van der Waals surface area (Å²) in [6.45, 7) is 5.44. The van der Waals surface area contributed by atoms with Gasteiger partial charge in [0, 0.05) is 12.1 Å². The summed E-state index contributed by atoms with van der Waals surface area (Å²) in [7, 11) is 0. The van der Waals surface area contributed by atoms with Crippen molar-refractivity contribution < 1.29 is 9.53 Å². The van der Waals surface area contributed by atoms with E-state index in [9.17, 15) is 4.79 Å². The molecule has 0 aliphatic rings. The predicted octanol–water partition coefficient (Wildman–Crippen LogP) is 3.57. The summed E-state index contributed by atoms with van der Waals surface area (Å²) in [5.41, 5.74) is 1.74. The molecule has 0 aliphatic heterocycles. The molecule has 2 aromatic rings. The van der Waals surface area contributed by atoms with Gasteiger partial charge in [0.25, 0.3) is 5.91 Å². The third-order valence-corrected chi connectivity index (χ3v) is 3.70. The number of ether oxygens (including phenoxy) is 1. The van der Waals surface area contributed by atoms with Gasteiger partial charge in [0.1, 0.15) is 5.75 Å². The van der Waals surface area contributed by atoms with Gasteiger partial charge in [0.2, 0.25) is 0 Å². The van der Waals surface area contributed by atoms with E-state index in [0.717, 1.165) is 6.42 Å². The number of benzene rings is 2. The van der Waals surface area contributed by atoms with E-state index in [1.165, 1.54) is 5.56 Å². The van der Waals surface area contributed by atoms with Crippen LogP contribution in [-0.2, 0) is 6.42 Å². The van der Waals surface area contributed by atoms with Crippen LogP contribution >= 0.6 is 12.2 Å². The topological polar surface area (TPSA) is 50.4 Å². The Kier molecular flexibility index (Phi) is 7.41. The van der Waals surface area contributed by atoms with Crippen molar-refractivity contribution >= 4 is 23.2 Å². The maximum absolute atomic E-state index is 12.3. The zero-order chi connectivity index (χ0) is 18.1. The molecule has 0 fully saturated rings. The van der Waals surface area contributed by atoms with Crippen molar-refractivity contribution in [3.05, 3.63) is 65.7 Å². The van der Waals surface area contributed by atoms with Crippen molar-refractivity contribution in [2.45, 2.75) is 20.3 Å². The van der Waals surface area contributed by atoms with E-state index in [-0.39, 0.29) is 5.91 Å². The molecule has 0 aromatic heterocycles. The second kappa shape index (κ2) is 9.79. The molecule has 0 saturated heterocycles. The number of carbonyl (C=O) groups is 1. The van der Waals surface area contributed by atoms with Crippen LogP contribution in [0.2, 0.25) is 0 Å². The van der Waals surface area contributed by atoms with E-state index in [4.69, 9.17) is 17.0 Å². The zero-order valence-corrected chi connectivity index (χ0v) is 15.4. The lowest BCUT2D eigenvalue weighted by atomic mass is 10.1. The van der Waals surface area contributed by atoms with Gasteiger partial charge in [-0.05, 0) is 48.3 Å². The van der Waals surface area contributed by atoms with Crippen LogP contribution in [0.4, 0.5) is 0 Å². The number of hydrogen-bond acceptors (Lipinski definition) is 3. The molecule has 0 saturated carbocycles. The average Bonchev–Trinajstić information content (AvgIpc) is 2.61. The van der Waals surface area contributed by atoms with E-state index in [2.05, 4.69) is 36.6 Å². The number of hydrogen-bond donors (Lipinski definition) is 2. The fraction of sp³-hybridized carbons (Fsp3) is 0.300. The fourth-order valence-electron chi connectivity index (χ4n) is 2.17. The quantitative estimate of drug-likeness (QED) is 0.745. The highest BCUT2D eigenvalue weighted by molar-refractivity contribution is 7.80. The Morgan fingerprint density at radius 1 is 1.12 bits per heavy atom. The molecule has 132 valence electrons. The molecule has 5 heteroatoms. The minimum atomic E-state index is -0.243. The van der Waals surface area contributed by atoms with Gasteiger partial charge in [-0.2, -0.15) is 0 Å². The molecular formula is C20H24N2O2S. The molecule has 0 bridgehead atoms. The van der Waals surface area contributed by atoms with Gasteiger partial charge >= 0.3 is 0 Å². The molecule has 0 spiro atoms. The van der Waals surface area contributed by atoms with Crippen LogP contribution in [0.3, 0.4) is 0 Å². The minimum absolute atomic E-state index is 0.243. The van der Waals surface area contributed by atoms with Gasteiger partial charge in [-0.25, -0.2) is 0 Å². The molecule has 4 nitrogen and oxygen atoms in total. The Morgan fingerprint density at radius 3 is 2.60 bits per heavy atom. The second-order valence-electron chi connectivity index (χ2n) is 6.18. The second-order valence-corrected chi connectivity index (χ2v) is 6.59. The van der Waals surface area contributed by atoms with Crippen molar-refractivity contribution in [3.63, 3.8) is 0 Å². The molecule has 2 rings (SSSR count). The van der Waals surface area contributed by atoms with Gasteiger partial charge in [-0.3, -0.25) is 10.1 Å². The molecule has 0 atom stereocenters. The van der Waals surface area contributed by atoms with Gasteiger partial charge in [-0.1, -0.05) is 50.2 Å². The summed E-state index contributed by atoms with van der Waals surface area (Å²) in [5, 5.41) is 6.08. The van der Waals surface area contributed by atoms with Gasteiger partial charge < -0.3 is 10.1 Å². The first kappa shape index (κ1) is 18.9. The smallest absolute Gasteiger partial charge is 0.257 e. The zero-order valence-electron chi connectivity index (χ0n) is 14.6. The molecule has 0 unspecified atom stereocenters. The molecule has 0 aliphatic carbocycles. The highest BCUT2D eigenvalue weighted by atomic mass is 32.1. The van der Waals surface area contributed by atoms with Crippen molar-refractivity contribution in [3.8, 4) is 5.75 Å². The Bertz CT molecular complexity index is 702. The first-order chi connectivity index (χ1) is 12.0. The molecule has 25 heavy (non-hydrogen) atoms. The van der Waals surface area contributed by atoms with Crippen molar-refractivity contribution in [2.75, 3.05) is 13.2 Å². The third kappa shape index (κ3) is 6.93. The number of amides is 1. The number of carbonyl (C=O) groups excluding carboxylic acids is 1. The van der Waals surface area contributed by atoms with E-state index < -0.39 is 0 Å². The number of thiocarbonyl (C=S) groups is 1. The number of nitrogens with one attached hydrogen (secondary N) is 2. The SMILES string of the molecule is CC(C)COc1cccc(C(=O)NC(=S)NCCc2ccccc2)c1.